The molecule has 2 nitrogen and oxygen atoms in total. The molecule has 78 valence electrons. The van der Waals surface area contributed by atoms with E-state index in [2.05, 4.69) is 35.9 Å². The number of pyridine rings is 1. The molecular weight excluding hydrogens is 172 g/mol. The second kappa shape index (κ2) is 6.41. The van der Waals surface area contributed by atoms with Crippen LogP contribution in [0.5, 0.6) is 0 Å². The highest BCUT2D eigenvalue weighted by molar-refractivity contribution is 5.44. The summed E-state index contributed by atoms with van der Waals surface area (Å²) >= 11 is 0. The molecule has 0 N–H and O–H groups in total. The quantitative estimate of drug-likeness (QED) is 0.688. The maximum Gasteiger partial charge on any atom is 0.0397 e. The van der Waals surface area contributed by atoms with Gasteiger partial charge in [0.15, 0.2) is 0 Å². The van der Waals surface area contributed by atoms with Gasteiger partial charge in [0.1, 0.15) is 0 Å². The lowest BCUT2D eigenvalue weighted by atomic mass is 10.2. The fourth-order valence-electron chi connectivity index (χ4n) is 1.54. The van der Waals surface area contributed by atoms with Crippen LogP contribution in [0.2, 0.25) is 0 Å². The molecule has 0 amide bonds. The number of rotatable bonds is 6. The Labute approximate surface area is 87.0 Å². The van der Waals surface area contributed by atoms with Crippen LogP contribution in [0.3, 0.4) is 0 Å². The predicted octanol–water partition coefficient (Wildman–Crippen LogP) is 3.10. The fourth-order valence-corrected chi connectivity index (χ4v) is 1.54. The second-order valence-electron chi connectivity index (χ2n) is 3.55. The van der Waals surface area contributed by atoms with Gasteiger partial charge in [-0.2, -0.15) is 0 Å². The summed E-state index contributed by atoms with van der Waals surface area (Å²) in [4.78, 5) is 6.48. The van der Waals surface area contributed by atoms with E-state index in [1.807, 2.05) is 12.4 Å². The lowest BCUT2D eigenvalue weighted by Gasteiger charge is -2.23. The van der Waals surface area contributed by atoms with E-state index in [1.165, 1.54) is 24.9 Å². The van der Waals surface area contributed by atoms with Gasteiger partial charge >= 0.3 is 0 Å². The number of unbranched alkanes of at least 4 members (excludes halogenated alkanes) is 1. The maximum absolute atomic E-state index is 4.04. The zero-order valence-corrected chi connectivity index (χ0v) is 9.24. The number of hydrogen-bond acceptors (Lipinski definition) is 2. The molecule has 0 bridgehead atoms. The Morgan fingerprint density at radius 2 is 1.79 bits per heavy atom. The van der Waals surface area contributed by atoms with Crippen LogP contribution in [0.15, 0.2) is 24.5 Å². The Morgan fingerprint density at radius 1 is 1.07 bits per heavy atom. The van der Waals surface area contributed by atoms with Gasteiger partial charge in [0.25, 0.3) is 0 Å². The van der Waals surface area contributed by atoms with Crippen molar-refractivity contribution < 1.29 is 0 Å². The molecule has 0 saturated carbocycles. The Hall–Kier alpha value is -1.05. The molecule has 0 fully saturated rings. The highest BCUT2D eigenvalue weighted by Crippen LogP contribution is 2.13. The van der Waals surface area contributed by atoms with Crippen molar-refractivity contribution in [3.63, 3.8) is 0 Å². The van der Waals surface area contributed by atoms with Crippen LogP contribution in [0, 0.1) is 0 Å². The molecule has 0 atom stereocenters. The van der Waals surface area contributed by atoms with Crippen LogP contribution in [0.25, 0.3) is 0 Å². The van der Waals surface area contributed by atoms with Gasteiger partial charge in [0.05, 0.1) is 0 Å². The Kier molecular flexibility index (Phi) is 5.05. The van der Waals surface area contributed by atoms with Gasteiger partial charge < -0.3 is 4.90 Å². The van der Waals surface area contributed by atoms with E-state index in [9.17, 15) is 0 Å². The summed E-state index contributed by atoms with van der Waals surface area (Å²) in [6.45, 7) is 6.76. The first-order valence-electron chi connectivity index (χ1n) is 5.53. The molecule has 1 rings (SSSR count). The van der Waals surface area contributed by atoms with Crippen LogP contribution < -0.4 is 4.90 Å². The predicted molar refractivity (Wildman–Crippen MR) is 61.6 cm³/mol. The molecule has 1 aromatic rings. The van der Waals surface area contributed by atoms with Crippen LogP contribution in [-0.4, -0.2) is 18.1 Å². The molecule has 0 spiro atoms. The molecule has 0 unspecified atom stereocenters. The van der Waals surface area contributed by atoms with Crippen molar-refractivity contribution in [3.8, 4) is 0 Å². The molecule has 2 heteroatoms. The molecule has 0 aliphatic carbocycles. The van der Waals surface area contributed by atoms with Crippen LogP contribution >= 0.6 is 0 Å². The summed E-state index contributed by atoms with van der Waals surface area (Å²) in [6.07, 6.45) is 7.45. The SMILES string of the molecule is CCCCN(CCC)c1ccncc1. The van der Waals surface area contributed by atoms with E-state index in [0.717, 1.165) is 13.1 Å². The van der Waals surface area contributed by atoms with Crippen LogP contribution in [-0.2, 0) is 0 Å². The average molecular weight is 192 g/mol. The van der Waals surface area contributed by atoms with Crippen molar-refractivity contribution in [1.29, 1.82) is 0 Å². The van der Waals surface area contributed by atoms with Crippen molar-refractivity contribution in [2.24, 2.45) is 0 Å². The average Bonchev–Trinajstić information content (AvgIpc) is 2.25. The minimum atomic E-state index is 1.14. The molecule has 0 aromatic carbocycles. The Bertz CT molecular complexity index is 233. The van der Waals surface area contributed by atoms with Crippen molar-refractivity contribution in [2.45, 2.75) is 33.1 Å². The molecule has 0 radical (unpaired) electrons. The van der Waals surface area contributed by atoms with Crippen LogP contribution in [0.4, 0.5) is 5.69 Å². The lowest BCUT2D eigenvalue weighted by molar-refractivity contribution is 0.704. The highest BCUT2D eigenvalue weighted by atomic mass is 15.1. The molecule has 0 aliphatic rings. The third kappa shape index (κ3) is 3.36. The van der Waals surface area contributed by atoms with Gasteiger partial charge in [0.2, 0.25) is 0 Å². The molecule has 0 aliphatic heterocycles. The summed E-state index contributed by atoms with van der Waals surface area (Å²) in [6, 6.07) is 4.18. The molecule has 0 saturated heterocycles. The fraction of sp³-hybridized carbons (Fsp3) is 0.583. The molecular formula is C12H20N2. The molecule has 14 heavy (non-hydrogen) atoms. The number of aromatic nitrogens is 1. The lowest BCUT2D eigenvalue weighted by Crippen LogP contribution is -2.25. The Morgan fingerprint density at radius 3 is 2.36 bits per heavy atom. The van der Waals surface area contributed by atoms with E-state index in [1.54, 1.807) is 0 Å². The summed E-state index contributed by atoms with van der Waals surface area (Å²) in [5.74, 6) is 0. The minimum absolute atomic E-state index is 1.14. The number of anilines is 1. The van der Waals surface area contributed by atoms with Crippen molar-refractivity contribution in [3.05, 3.63) is 24.5 Å². The third-order valence-electron chi connectivity index (χ3n) is 2.30. The topological polar surface area (TPSA) is 16.1 Å². The van der Waals surface area contributed by atoms with E-state index in [4.69, 9.17) is 0 Å². The van der Waals surface area contributed by atoms with Crippen molar-refractivity contribution in [2.75, 3.05) is 18.0 Å². The largest absolute Gasteiger partial charge is 0.371 e. The number of nitrogens with zero attached hydrogens (tertiary/aromatic N) is 2. The van der Waals surface area contributed by atoms with Crippen molar-refractivity contribution in [1.82, 2.24) is 4.98 Å². The summed E-state index contributed by atoms with van der Waals surface area (Å²) in [7, 11) is 0. The third-order valence-corrected chi connectivity index (χ3v) is 2.30. The molecule has 1 heterocycles. The molecule has 1 aromatic heterocycles. The maximum atomic E-state index is 4.04. The second-order valence-corrected chi connectivity index (χ2v) is 3.55. The summed E-state index contributed by atoms with van der Waals surface area (Å²) in [5, 5.41) is 0. The highest BCUT2D eigenvalue weighted by Gasteiger charge is 2.03. The first-order chi connectivity index (χ1) is 6.88. The van der Waals surface area contributed by atoms with Gasteiger partial charge in [-0.3, -0.25) is 4.98 Å². The zero-order chi connectivity index (χ0) is 10.2. The first-order valence-corrected chi connectivity index (χ1v) is 5.53. The van der Waals surface area contributed by atoms with E-state index < -0.39 is 0 Å². The smallest absolute Gasteiger partial charge is 0.0397 e. The van der Waals surface area contributed by atoms with E-state index in [0.29, 0.717) is 0 Å². The van der Waals surface area contributed by atoms with Gasteiger partial charge in [-0.1, -0.05) is 20.3 Å². The summed E-state index contributed by atoms with van der Waals surface area (Å²) in [5.41, 5.74) is 1.30. The minimum Gasteiger partial charge on any atom is -0.371 e. The van der Waals surface area contributed by atoms with Gasteiger partial charge in [-0.05, 0) is 25.0 Å². The normalized spacial score (nSPS) is 10.1. The van der Waals surface area contributed by atoms with Gasteiger partial charge in [0, 0.05) is 31.2 Å². The summed E-state index contributed by atoms with van der Waals surface area (Å²) < 4.78 is 0. The van der Waals surface area contributed by atoms with Gasteiger partial charge in [-0.15, -0.1) is 0 Å². The van der Waals surface area contributed by atoms with Crippen molar-refractivity contribution >= 4 is 5.69 Å². The van der Waals surface area contributed by atoms with Crippen LogP contribution in [0.1, 0.15) is 33.1 Å². The standard InChI is InChI=1S/C12H20N2/c1-3-5-11-14(10-4-2)12-6-8-13-9-7-12/h6-9H,3-5,10-11H2,1-2H3. The Balaban J connectivity index is 2.58. The zero-order valence-electron chi connectivity index (χ0n) is 9.24. The monoisotopic (exact) mass is 192 g/mol. The van der Waals surface area contributed by atoms with E-state index >= 15 is 0 Å². The van der Waals surface area contributed by atoms with Gasteiger partial charge in [-0.25, -0.2) is 0 Å². The number of hydrogen-bond donors (Lipinski definition) is 0. The van der Waals surface area contributed by atoms with E-state index in [-0.39, 0.29) is 0 Å². The first kappa shape index (κ1) is 11.0.